The van der Waals surface area contributed by atoms with Gasteiger partial charge in [0.25, 0.3) is 0 Å². The maximum absolute atomic E-state index is 12.6. The lowest BCUT2D eigenvalue weighted by Gasteiger charge is -2.21. The normalized spacial score (nSPS) is 10.5. The van der Waals surface area contributed by atoms with Crippen molar-refractivity contribution in [3.05, 3.63) is 91.0 Å². The number of hydrogen-bond donors (Lipinski definition) is 3. The van der Waals surface area contributed by atoms with Crippen molar-refractivity contribution in [3.8, 4) is 0 Å². The van der Waals surface area contributed by atoms with Crippen LogP contribution in [0.25, 0.3) is 0 Å². The molecule has 1 unspecified atom stereocenters. The smallest absolute Gasteiger partial charge is 0.307 e. The van der Waals surface area contributed by atoms with E-state index in [9.17, 15) is 14.4 Å². The summed E-state index contributed by atoms with van der Waals surface area (Å²) in [5.41, 5.74) is 2.13. The van der Waals surface area contributed by atoms with Gasteiger partial charge in [-0.25, -0.2) is 0 Å². The van der Waals surface area contributed by atoms with Gasteiger partial charge in [0, 0.05) is 24.6 Å². The molecular weight excluding hydrogens is 478 g/mol. The summed E-state index contributed by atoms with van der Waals surface area (Å²) in [5.74, 6) is -1.97. The zero-order valence-corrected chi connectivity index (χ0v) is 23.4. The fourth-order valence-electron chi connectivity index (χ4n) is 2.93. The first kappa shape index (κ1) is 34.0. The van der Waals surface area contributed by atoms with Crippen LogP contribution < -0.4 is 10.2 Å². The van der Waals surface area contributed by atoms with Crippen LogP contribution in [-0.2, 0) is 14.4 Å². The lowest BCUT2D eigenvalue weighted by atomic mass is 10.0. The van der Waals surface area contributed by atoms with Crippen LogP contribution >= 0.6 is 0 Å². The number of hydrogen-bond acceptors (Lipinski definition) is 4. The van der Waals surface area contributed by atoms with E-state index in [0.717, 1.165) is 11.5 Å². The van der Waals surface area contributed by atoms with Gasteiger partial charge >= 0.3 is 5.97 Å². The van der Waals surface area contributed by atoms with Crippen molar-refractivity contribution in [3.63, 3.8) is 0 Å². The highest BCUT2D eigenvalue weighted by Crippen LogP contribution is 2.22. The van der Waals surface area contributed by atoms with Crippen LogP contribution in [0.15, 0.2) is 79.9 Å². The highest BCUT2D eigenvalue weighted by atomic mass is 16.4. The van der Waals surface area contributed by atoms with Gasteiger partial charge in [-0.05, 0) is 25.3 Å². The summed E-state index contributed by atoms with van der Waals surface area (Å²) in [6, 6.07) is 16.3. The number of aliphatic carboxylic acids is 1. The van der Waals surface area contributed by atoms with Crippen molar-refractivity contribution in [2.24, 2.45) is 11.8 Å². The molecule has 0 aliphatic heterocycles. The molecule has 0 aliphatic rings. The maximum Gasteiger partial charge on any atom is 0.307 e. The Hall–Kier alpha value is -4.00. The lowest BCUT2D eigenvalue weighted by Crippen LogP contribution is -2.39. The average molecular weight is 522 g/mol. The summed E-state index contributed by atoms with van der Waals surface area (Å²) < 4.78 is 0. The van der Waals surface area contributed by atoms with Gasteiger partial charge < -0.3 is 15.3 Å². The first-order chi connectivity index (χ1) is 18.0. The molecule has 38 heavy (non-hydrogen) atoms. The van der Waals surface area contributed by atoms with Gasteiger partial charge in [-0.15, -0.1) is 13.2 Å². The third-order valence-electron chi connectivity index (χ3n) is 5.46. The minimum atomic E-state index is -1.08. The van der Waals surface area contributed by atoms with Crippen molar-refractivity contribution < 1.29 is 19.5 Å². The van der Waals surface area contributed by atoms with Crippen LogP contribution in [0.3, 0.4) is 0 Å². The predicted molar refractivity (Wildman–Crippen MR) is 157 cm³/mol. The van der Waals surface area contributed by atoms with Gasteiger partial charge in [0.2, 0.25) is 11.8 Å². The second-order valence-corrected chi connectivity index (χ2v) is 8.96. The largest absolute Gasteiger partial charge is 0.481 e. The Labute approximate surface area is 227 Å². The number of amides is 2. The number of carbonyl (C=O) groups is 3. The Bertz CT molecular complexity index is 1050. The Morgan fingerprint density at radius 1 is 1.05 bits per heavy atom. The first-order valence-corrected chi connectivity index (χ1v) is 12.7. The monoisotopic (exact) mass is 521 g/mol. The SMILES string of the molecule is C=CC.C=CCC(CC(=O)NCC(=O)N(C)c1ccccc1C(=N)c1ccccc1)C(=O)O.CCC(C)C. The topological polar surface area (TPSA) is 111 Å². The number of likely N-dealkylation sites (N-methyl/N-ethyl adjacent to an activating group) is 1. The number of carbonyl (C=O) groups excluding carboxylic acids is 2. The zero-order valence-electron chi connectivity index (χ0n) is 23.4. The third kappa shape index (κ3) is 12.8. The molecule has 0 heterocycles. The lowest BCUT2D eigenvalue weighted by molar-refractivity contribution is -0.143. The molecule has 0 aliphatic carbocycles. The standard InChI is InChI=1S/C23H25N3O4.C5H12.C3H6/c1-3-9-17(23(29)30)14-20(27)25-15-21(28)26(2)19-13-8-7-12-18(19)22(24)16-10-5-4-6-11-16;1-4-5(2)3;1-3-2/h3-8,10-13,17,24H,1,9,14-15H2,2H3,(H,25,27)(H,29,30);5H,4H2,1-3H3;3H,1H2,2H3. The quantitative estimate of drug-likeness (QED) is 0.245. The molecule has 0 fully saturated rings. The summed E-state index contributed by atoms with van der Waals surface area (Å²) >= 11 is 0. The average Bonchev–Trinajstić information content (AvgIpc) is 2.91. The van der Waals surface area contributed by atoms with Crippen LogP contribution in [0.1, 0.15) is 58.1 Å². The number of allylic oxidation sites excluding steroid dienone is 2. The van der Waals surface area contributed by atoms with Crippen molar-refractivity contribution in [1.82, 2.24) is 5.32 Å². The molecule has 7 nitrogen and oxygen atoms in total. The van der Waals surface area contributed by atoms with Crippen molar-refractivity contribution in [1.29, 1.82) is 5.41 Å². The number of carboxylic acids is 1. The second-order valence-electron chi connectivity index (χ2n) is 8.96. The highest BCUT2D eigenvalue weighted by Gasteiger charge is 2.21. The molecule has 7 heteroatoms. The van der Waals surface area contributed by atoms with E-state index in [2.05, 4.69) is 39.2 Å². The van der Waals surface area contributed by atoms with Gasteiger partial charge in [0.05, 0.1) is 23.9 Å². The molecule has 2 rings (SSSR count). The summed E-state index contributed by atoms with van der Waals surface area (Å²) in [4.78, 5) is 37.2. The van der Waals surface area contributed by atoms with Crippen LogP contribution in [0.5, 0.6) is 0 Å². The molecule has 0 saturated heterocycles. The van der Waals surface area contributed by atoms with E-state index in [4.69, 9.17) is 10.5 Å². The van der Waals surface area contributed by atoms with Gasteiger partial charge in [-0.3, -0.25) is 19.8 Å². The fraction of sp³-hybridized carbons (Fsp3) is 0.355. The van der Waals surface area contributed by atoms with Crippen LogP contribution in [0.2, 0.25) is 0 Å². The molecule has 206 valence electrons. The van der Waals surface area contributed by atoms with Crippen molar-refractivity contribution in [2.75, 3.05) is 18.5 Å². The van der Waals surface area contributed by atoms with E-state index in [-0.39, 0.29) is 31.0 Å². The summed E-state index contributed by atoms with van der Waals surface area (Å²) in [7, 11) is 1.57. The molecule has 0 aromatic heterocycles. The number of para-hydroxylation sites is 1. The number of benzene rings is 2. The molecule has 2 amide bonds. The van der Waals surface area contributed by atoms with Gasteiger partial charge in [-0.2, -0.15) is 0 Å². The molecule has 0 spiro atoms. The Kier molecular flexibility index (Phi) is 17.1. The predicted octanol–water partition coefficient (Wildman–Crippen LogP) is 6.09. The summed E-state index contributed by atoms with van der Waals surface area (Å²) in [6.07, 6.45) is 4.45. The molecular formula is C31H43N3O4. The van der Waals surface area contributed by atoms with E-state index in [1.807, 2.05) is 37.3 Å². The van der Waals surface area contributed by atoms with E-state index in [1.54, 1.807) is 37.4 Å². The van der Waals surface area contributed by atoms with E-state index >= 15 is 0 Å². The Balaban J connectivity index is 0.00000150. The second kappa shape index (κ2) is 19.2. The first-order valence-electron chi connectivity index (χ1n) is 12.7. The van der Waals surface area contributed by atoms with Crippen molar-refractivity contribution >= 4 is 29.2 Å². The summed E-state index contributed by atoms with van der Waals surface area (Å²) in [6.45, 7) is 15.1. The minimum Gasteiger partial charge on any atom is -0.481 e. The maximum atomic E-state index is 12.6. The van der Waals surface area contributed by atoms with E-state index < -0.39 is 17.8 Å². The molecule has 2 aromatic rings. The third-order valence-corrected chi connectivity index (χ3v) is 5.46. The number of carboxylic acid groups (broad SMARTS) is 1. The number of rotatable bonds is 11. The van der Waals surface area contributed by atoms with Crippen molar-refractivity contribution in [2.45, 2.75) is 47.0 Å². The van der Waals surface area contributed by atoms with Gasteiger partial charge in [0.1, 0.15) is 0 Å². The van der Waals surface area contributed by atoms with Crippen LogP contribution in [0, 0.1) is 17.2 Å². The van der Waals surface area contributed by atoms with Gasteiger partial charge in [-0.1, -0.05) is 87.9 Å². The van der Waals surface area contributed by atoms with E-state index in [0.29, 0.717) is 11.3 Å². The van der Waals surface area contributed by atoms with E-state index in [1.165, 1.54) is 17.4 Å². The summed E-state index contributed by atoms with van der Waals surface area (Å²) in [5, 5.41) is 20.1. The molecule has 1 atom stereocenters. The molecule has 0 radical (unpaired) electrons. The molecule has 3 N–H and O–H groups in total. The minimum absolute atomic E-state index is 0.172. The molecule has 2 aromatic carbocycles. The van der Waals surface area contributed by atoms with Crippen LogP contribution in [0.4, 0.5) is 5.69 Å². The zero-order chi connectivity index (χ0) is 29.1. The molecule has 0 bridgehead atoms. The highest BCUT2D eigenvalue weighted by molar-refractivity contribution is 6.15. The van der Waals surface area contributed by atoms with Crippen LogP contribution in [-0.4, -0.2) is 42.2 Å². The number of nitrogens with one attached hydrogen (secondary N) is 2. The Morgan fingerprint density at radius 2 is 1.58 bits per heavy atom. The Morgan fingerprint density at radius 3 is 2.08 bits per heavy atom. The fourth-order valence-corrected chi connectivity index (χ4v) is 2.93. The molecule has 0 saturated carbocycles. The number of anilines is 1. The van der Waals surface area contributed by atoms with Gasteiger partial charge in [0.15, 0.2) is 0 Å². The number of nitrogens with zero attached hydrogens (tertiary/aromatic N) is 1.